The number of phenols is 1. The van der Waals surface area contributed by atoms with Crippen LogP contribution in [0.1, 0.15) is 33.2 Å². The number of amides is 1. The summed E-state index contributed by atoms with van der Waals surface area (Å²) in [7, 11) is 1.63. The largest absolute Gasteiger partial charge is 0.507 e. The number of ether oxygens (including phenoxy) is 1. The highest BCUT2D eigenvalue weighted by atomic mass is 35.5. The van der Waals surface area contributed by atoms with Gasteiger partial charge in [-0.2, -0.15) is 5.10 Å². The SMILES string of the molecule is COc1ccc(CCN2C(=O)c3[nH]nc(-c4ccccc4O)c3C2c2ccc(Cl)c(Cl)c2)cc1. The molecule has 4 aromatic rings. The first-order valence-electron chi connectivity index (χ1n) is 10.7. The van der Waals surface area contributed by atoms with E-state index in [2.05, 4.69) is 10.2 Å². The number of hydrogen-bond donors (Lipinski definition) is 2. The normalized spacial score (nSPS) is 15.0. The van der Waals surface area contributed by atoms with E-state index < -0.39 is 6.04 Å². The first-order chi connectivity index (χ1) is 16.5. The van der Waals surface area contributed by atoms with Gasteiger partial charge in [0.25, 0.3) is 5.91 Å². The summed E-state index contributed by atoms with van der Waals surface area (Å²) in [6.07, 6.45) is 0.650. The van der Waals surface area contributed by atoms with Crippen LogP contribution >= 0.6 is 23.2 Å². The number of phenolic OH excluding ortho intramolecular Hbond substituents is 1. The summed E-state index contributed by atoms with van der Waals surface area (Å²) in [6.45, 7) is 0.471. The standard InChI is InChI=1S/C26H21Cl2N3O3/c1-34-17-9-6-15(7-10-17)12-13-31-25(16-8-11-19(27)20(28)14-16)22-23(29-30-24(22)26(31)33)18-4-2-3-5-21(18)32/h2-11,14,25,32H,12-13H2,1H3,(H,29,30). The van der Waals surface area contributed by atoms with Crippen molar-refractivity contribution in [2.24, 2.45) is 0 Å². The molecule has 0 saturated carbocycles. The minimum atomic E-state index is -0.441. The molecule has 0 aliphatic carbocycles. The molecule has 1 aliphatic rings. The Bertz CT molecular complexity index is 1370. The molecular weight excluding hydrogens is 473 g/mol. The number of aromatic nitrogens is 2. The Morgan fingerprint density at radius 3 is 2.53 bits per heavy atom. The Hall–Kier alpha value is -3.48. The molecule has 0 saturated heterocycles. The second-order valence-electron chi connectivity index (χ2n) is 8.05. The van der Waals surface area contributed by atoms with Crippen molar-refractivity contribution in [3.63, 3.8) is 0 Å². The van der Waals surface area contributed by atoms with Crippen LogP contribution in [0.2, 0.25) is 10.0 Å². The summed E-state index contributed by atoms with van der Waals surface area (Å²) < 4.78 is 5.24. The number of para-hydroxylation sites is 1. The number of carbonyl (C=O) groups is 1. The quantitative estimate of drug-likeness (QED) is 0.351. The van der Waals surface area contributed by atoms with E-state index in [1.54, 1.807) is 42.3 Å². The van der Waals surface area contributed by atoms with Crippen LogP contribution in [0.3, 0.4) is 0 Å². The third-order valence-electron chi connectivity index (χ3n) is 6.08. The maximum absolute atomic E-state index is 13.5. The van der Waals surface area contributed by atoms with Crippen molar-refractivity contribution < 1.29 is 14.6 Å². The van der Waals surface area contributed by atoms with Gasteiger partial charge in [-0.3, -0.25) is 9.89 Å². The van der Waals surface area contributed by atoms with E-state index in [0.717, 1.165) is 16.9 Å². The van der Waals surface area contributed by atoms with E-state index >= 15 is 0 Å². The van der Waals surface area contributed by atoms with Crippen LogP contribution in [0.4, 0.5) is 0 Å². The molecule has 1 unspecified atom stereocenters. The molecule has 1 amide bonds. The van der Waals surface area contributed by atoms with Crippen LogP contribution in [0.25, 0.3) is 11.3 Å². The van der Waals surface area contributed by atoms with Gasteiger partial charge < -0.3 is 14.7 Å². The van der Waals surface area contributed by atoms with Crippen LogP contribution in [-0.4, -0.2) is 39.8 Å². The fourth-order valence-electron chi connectivity index (χ4n) is 4.38. The lowest BCUT2D eigenvalue weighted by Crippen LogP contribution is -2.31. The topological polar surface area (TPSA) is 78.5 Å². The zero-order valence-corrected chi connectivity index (χ0v) is 19.8. The third-order valence-corrected chi connectivity index (χ3v) is 6.82. The average Bonchev–Trinajstić information content (AvgIpc) is 3.39. The van der Waals surface area contributed by atoms with Crippen molar-refractivity contribution >= 4 is 29.1 Å². The molecule has 0 radical (unpaired) electrons. The van der Waals surface area contributed by atoms with Crippen LogP contribution < -0.4 is 4.74 Å². The number of methoxy groups -OCH3 is 1. The van der Waals surface area contributed by atoms with E-state index in [1.807, 2.05) is 36.4 Å². The van der Waals surface area contributed by atoms with Gasteiger partial charge in [0.1, 0.15) is 22.9 Å². The van der Waals surface area contributed by atoms with E-state index in [9.17, 15) is 9.90 Å². The number of benzene rings is 3. The van der Waals surface area contributed by atoms with E-state index in [4.69, 9.17) is 27.9 Å². The van der Waals surface area contributed by atoms with Crippen LogP contribution in [-0.2, 0) is 6.42 Å². The second-order valence-corrected chi connectivity index (χ2v) is 8.87. The highest BCUT2D eigenvalue weighted by Gasteiger charge is 2.42. The molecule has 8 heteroatoms. The lowest BCUT2D eigenvalue weighted by molar-refractivity contribution is 0.0746. The van der Waals surface area contributed by atoms with Gasteiger partial charge in [0.05, 0.1) is 23.2 Å². The van der Waals surface area contributed by atoms with Crippen LogP contribution in [0.5, 0.6) is 11.5 Å². The summed E-state index contributed by atoms with van der Waals surface area (Å²) in [5.74, 6) is 0.714. The van der Waals surface area contributed by atoms with Crippen LogP contribution in [0, 0.1) is 0 Å². The fourth-order valence-corrected chi connectivity index (χ4v) is 4.68. The number of aromatic amines is 1. The average molecular weight is 494 g/mol. The van der Waals surface area contributed by atoms with Crippen LogP contribution in [0.15, 0.2) is 66.7 Å². The van der Waals surface area contributed by atoms with E-state index in [-0.39, 0.29) is 11.7 Å². The first-order valence-corrected chi connectivity index (χ1v) is 11.5. The van der Waals surface area contributed by atoms with Gasteiger partial charge in [-0.15, -0.1) is 0 Å². The summed E-state index contributed by atoms with van der Waals surface area (Å²) in [6, 6.07) is 19.7. The fraction of sp³-hybridized carbons (Fsp3) is 0.154. The summed E-state index contributed by atoms with van der Waals surface area (Å²) in [5.41, 5.74) is 4.09. The Morgan fingerprint density at radius 2 is 1.82 bits per heavy atom. The summed E-state index contributed by atoms with van der Waals surface area (Å²) in [5, 5.41) is 18.6. The number of nitrogens with zero attached hydrogens (tertiary/aromatic N) is 2. The predicted octanol–water partition coefficient (Wildman–Crippen LogP) is 5.89. The number of aromatic hydroxyl groups is 1. The lowest BCUT2D eigenvalue weighted by Gasteiger charge is -2.27. The van der Waals surface area contributed by atoms with Gasteiger partial charge in [0.2, 0.25) is 0 Å². The Morgan fingerprint density at radius 1 is 1.06 bits per heavy atom. The molecule has 6 nitrogen and oxygen atoms in total. The number of rotatable bonds is 6. The molecule has 0 bridgehead atoms. The van der Waals surface area contributed by atoms with Gasteiger partial charge in [-0.05, 0) is 53.9 Å². The Kier molecular flexibility index (Phi) is 5.94. The monoisotopic (exact) mass is 493 g/mol. The Balaban J connectivity index is 1.57. The minimum absolute atomic E-state index is 0.0915. The van der Waals surface area contributed by atoms with Crippen molar-refractivity contribution in [2.75, 3.05) is 13.7 Å². The molecule has 0 spiro atoms. The molecule has 0 fully saturated rings. The smallest absolute Gasteiger partial charge is 0.273 e. The van der Waals surface area contributed by atoms with Crippen molar-refractivity contribution in [3.8, 4) is 22.8 Å². The summed E-state index contributed by atoms with van der Waals surface area (Å²) >= 11 is 12.5. The number of H-pyrrole nitrogens is 1. The first kappa shape index (κ1) is 22.3. The number of carbonyl (C=O) groups excluding carboxylic acids is 1. The van der Waals surface area contributed by atoms with Crippen molar-refractivity contribution in [1.29, 1.82) is 0 Å². The van der Waals surface area contributed by atoms with Crippen molar-refractivity contribution in [3.05, 3.63) is 99.2 Å². The minimum Gasteiger partial charge on any atom is -0.507 e. The van der Waals surface area contributed by atoms with E-state index in [0.29, 0.717) is 45.5 Å². The number of halogens is 2. The second kappa shape index (κ2) is 9.05. The van der Waals surface area contributed by atoms with Gasteiger partial charge in [0, 0.05) is 17.7 Å². The molecule has 2 N–H and O–H groups in total. The predicted molar refractivity (Wildman–Crippen MR) is 132 cm³/mol. The number of hydrogen-bond acceptors (Lipinski definition) is 4. The molecule has 1 atom stereocenters. The van der Waals surface area contributed by atoms with Gasteiger partial charge >= 0.3 is 0 Å². The molecule has 5 rings (SSSR count). The molecule has 3 aromatic carbocycles. The van der Waals surface area contributed by atoms with Gasteiger partial charge in [-0.1, -0.05) is 53.5 Å². The molecular formula is C26H21Cl2N3O3. The molecule has 34 heavy (non-hydrogen) atoms. The highest BCUT2D eigenvalue weighted by molar-refractivity contribution is 6.42. The summed E-state index contributed by atoms with van der Waals surface area (Å²) in [4.78, 5) is 15.3. The molecule has 172 valence electrons. The van der Waals surface area contributed by atoms with Crippen molar-refractivity contribution in [2.45, 2.75) is 12.5 Å². The maximum Gasteiger partial charge on any atom is 0.273 e. The van der Waals surface area contributed by atoms with Gasteiger partial charge in [0.15, 0.2) is 0 Å². The third kappa shape index (κ3) is 3.89. The van der Waals surface area contributed by atoms with Gasteiger partial charge in [-0.25, -0.2) is 0 Å². The molecule has 1 aromatic heterocycles. The number of fused-ring (bicyclic) bond motifs is 1. The highest BCUT2D eigenvalue weighted by Crippen LogP contribution is 2.45. The molecule has 2 heterocycles. The Labute approximate surface area is 206 Å². The maximum atomic E-state index is 13.5. The zero-order valence-electron chi connectivity index (χ0n) is 18.3. The zero-order chi connectivity index (χ0) is 23.8. The lowest BCUT2D eigenvalue weighted by atomic mass is 9.95. The molecule has 1 aliphatic heterocycles. The number of nitrogens with one attached hydrogen (secondary N) is 1. The van der Waals surface area contributed by atoms with Crippen molar-refractivity contribution in [1.82, 2.24) is 15.1 Å². The van der Waals surface area contributed by atoms with E-state index in [1.165, 1.54) is 0 Å².